The summed E-state index contributed by atoms with van der Waals surface area (Å²) in [6.07, 6.45) is 4.75. The third-order valence-electron chi connectivity index (χ3n) is 5.46. The fourth-order valence-corrected chi connectivity index (χ4v) is 4.29. The molecule has 9 nitrogen and oxygen atoms in total. The molecule has 1 fully saturated rings. The molecule has 1 aromatic carbocycles. The minimum absolute atomic E-state index is 0.0921. The second-order valence-electron chi connectivity index (χ2n) is 7.33. The maximum absolute atomic E-state index is 12.7. The zero-order valence-electron chi connectivity index (χ0n) is 15.7. The zero-order chi connectivity index (χ0) is 20.8. The van der Waals surface area contributed by atoms with Crippen molar-refractivity contribution in [3.05, 3.63) is 34.8 Å². The SMILES string of the molecule is Nc1nc(Cl)nc2c1ncn2[C@H]1CC[C@@H](C(=O)Nc2nc3cc(Cl)ccc3o2)CC1. The largest absolute Gasteiger partial charge is 0.423 e. The van der Waals surface area contributed by atoms with Gasteiger partial charge in [0.25, 0.3) is 0 Å². The summed E-state index contributed by atoms with van der Waals surface area (Å²) in [6, 6.07) is 5.48. The molecule has 0 aliphatic heterocycles. The van der Waals surface area contributed by atoms with Gasteiger partial charge in [-0.15, -0.1) is 0 Å². The molecule has 0 bridgehead atoms. The molecule has 3 N–H and O–H groups in total. The number of benzene rings is 1. The molecule has 1 aliphatic rings. The number of nitrogen functional groups attached to an aromatic ring is 1. The van der Waals surface area contributed by atoms with Gasteiger partial charge in [0.2, 0.25) is 11.2 Å². The average Bonchev–Trinajstić information content (AvgIpc) is 3.31. The maximum Gasteiger partial charge on any atom is 0.302 e. The number of nitrogens with one attached hydrogen (secondary N) is 1. The van der Waals surface area contributed by atoms with Crippen molar-refractivity contribution in [3.63, 3.8) is 0 Å². The number of nitrogens with two attached hydrogens (primary N) is 1. The van der Waals surface area contributed by atoms with E-state index < -0.39 is 0 Å². The molecule has 1 saturated carbocycles. The Labute approximate surface area is 180 Å². The van der Waals surface area contributed by atoms with Crippen molar-refractivity contribution in [2.75, 3.05) is 11.1 Å². The van der Waals surface area contributed by atoms with Crippen LogP contribution in [0.1, 0.15) is 31.7 Å². The van der Waals surface area contributed by atoms with Gasteiger partial charge in [0.15, 0.2) is 17.0 Å². The van der Waals surface area contributed by atoms with Gasteiger partial charge in [-0.2, -0.15) is 15.0 Å². The highest BCUT2D eigenvalue weighted by Gasteiger charge is 2.29. The number of aromatic nitrogens is 5. The fraction of sp³-hybridized carbons (Fsp3) is 0.316. The highest BCUT2D eigenvalue weighted by atomic mass is 35.5. The monoisotopic (exact) mass is 445 g/mol. The van der Waals surface area contributed by atoms with Gasteiger partial charge in [0, 0.05) is 17.0 Å². The van der Waals surface area contributed by atoms with Crippen molar-refractivity contribution >= 4 is 63.2 Å². The molecule has 3 heterocycles. The Balaban J connectivity index is 1.27. The second-order valence-corrected chi connectivity index (χ2v) is 8.10. The standard InChI is InChI=1S/C19H17Cl2N7O2/c20-10-3-6-13-12(7-10)24-19(30-13)27-17(29)9-1-4-11(5-2-9)28-8-23-14-15(22)25-18(21)26-16(14)28/h3,6-9,11H,1-2,4-5H2,(H2,22,25,26)(H,24,27,29)/t9-,11+. The smallest absolute Gasteiger partial charge is 0.302 e. The van der Waals surface area contributed by atoms with E-state index in [1.54, 1.807) is 24.5 Å². The van der Waals surface area contributed by atoms with Crippen LogP contribution in [0.3, 0.4) is 0 Å². The lowest BCUT2D eigenvalue weighted by molar-refractivity contribution is -0.121. The van der Waals surface area contributed by atoms with E-state index in [0.29, 0.717) is 27.3 Å². The van der Waals surface area contributed by atoms with E-state index in [1.165, 1.54) is 0 Å². The molecule has 154 valence electrons. The normalized spacial score (nSPS) is 19.4. The number of carbonyl (C=O) groups is 1. The number of carbonyl (C=O) groups excluding carboxylic acids is 1. The Hall–Kier alpha value is -2.91. The van der Waals surface area contributed by atoms with Crippen LogP contribution in [0.2, 0.25) is 10.3 Å². The minimum atomic E-state index is -0.127. The lowest BCUT2D eigenvalue weighted by Gasteiger charge is -2.28. The molecular weight excluding hydrogens is 429 g/mol. The lowest BCUT2D eigenvalue weighted by atomic mass is 9.85. The third-order valence-corrected chi connectivity index (χ3v) is 5.87. The van der Waals surface area contributed by atoms with Crippen LogP contribution in [0.4, 0.5) is 11.8 Å². The Morgan fingerprint density at radius 2 is 1.97 bits per heavy atom. The first-order valence-electron chi connectivity index (χ1n) is 9.50. The van der Waals surface area contributed by atoms with Crippen LogP contribution < -0.4 is 11.1 Å². The summed E-state index contributed by atoms with van der Waals surface area (Å²) in [5.74, 6) is 0.0329. The quantitative estimate of drug-likeness (QED) is 0.451. The van der Waals surface area contributed by atoms with Crippen molar-refractivity contribution in [1.82, 2.24) is 24.5 Å². The number of hydrogen-bond acceptors (Lipinski definition) is 7. The van der Waals surface area contributed by atoms with Crippen LogP contribution in [0, 0.1) is 5.92 Å². The fourth-order valence-electron chi connectivity index (χ4n) is 3.96. The van der Waals surface area contributed by atoms with Crippen LogP contribution in [-0.4, -0.2) is 30.4 Å². The van der Waals surface area contributed by atoms with Gasteiger partial charge in [0.1, 0.15) is 11.0 Å². The van der Waals surface area contributed by atoms with Crippen molar-refractivity contribution in [1.29, 1.82) is 0 Å². The molecule has 0 unspecified atom stereocenters. The third kappa shape index (κ3) is 3.44. The van der Waals surface area contributed by atoms with Crippen molar-refractivity contribution < 1.29 is 9.21 Å². The van der Waals surface area contributed by atoms with Gasteiger partial charge >= 0.3 is 6.01 Å². The summed E-state index contributed by atoms with van der Waals surface area (Å²) in [6.45, 7) is 0. The van der Waals surface area contributed by atoms with Crippen molar-refractivity contribution in [2.45, 2.75) is 31.7 Å². The van der Waals surface area contributed by atoms with E-state index in [0.717, 1.165) is 25.7 Å². The Kier molecular flexibility index (Phi) is 4.71. The molecule has 11 heteroatoms. The predicted molar refractivity (Wildman–Crippen MR) is 113 cm³/mol. The molecule has 0 saturated heterocycles. The Morgan fingerprint density at radius 1 is 1.17 bits per heavy atom. The van der Waals surface area contributed by atoms with Crippen LogP contribution in [-0.2, 0) is 4.79 Å². The first-order chi connectivity index (χ1) is 14.5. The van der Waals surface area contributed by atoms with E-state index in [9.17, 15) is 4.79 Å². The molecule has 5 rings (SSSR count). The van der Waals surface area contributed by atoms with Gasteiger partial charge in [0.05, 0.1) is 6.33 Å². The van der Waals surface area contributed by atoms with E-state index in [4.69, 9.17) is 33.4 Å². The first kappa shape index (κ1) is 19.1. The summed E-state index contributed by atoms with van der Waals surface area (Å²) in [5.41, 5.74) is 8.22. The average molecular weight is 446 g/mol. The summed E-state index contributed by atoms with van der Waals surface area (Å²) in [4.78, 5) is 29.5. The number of oxazole rings is 1. The van der Waals surface area contributed by atoms with Crippen LogP contribution in [0.5, 0.6) is 0 Å². The van der Waals surface area contributed by atoms with Gasteiger partial charge in [-0.05, 0) is 55.5 Å². The van der Waals surface area contributed by atoms with Gasteiger partial charge in [-0.25, -0.2) is 4.98 Å². The molecule has 0 spiro atoms. The highest BCUT2D eigenvalue weighted by Crippen LogP contribution is 2.35. The summed E-state index contributed by atoms with van der Waals surface area (Å²) >= 11 is 11.9. The number of fused-ring (bicyclic) bond motifs is 2. The molecule has 0 atom stereocenters. The summed E-state index contributed by atoms with van der Waals surface area (Å²) in [7, 11) is 0. The zero-order valence-corrected chi connectivity index (χ0v) is 17.2. The molecule has 3 aromatic heterocycles. The lowest BCUT2D eigenvalue weighted by Crippen LogP contribution is -2.28. The van der Waals surface area contributed by atoms with Crippen molar-refractivity contribution in [3.8, 4) is 0 Å². The first-order valence-corrected chi connectivity index (χ1v) is 10.3. The molecule has 0 radical (unpaired) electrons. The molecule has 1 amide bonds. The number of anilines is 2. The van der Waals surface area contributed by atoms with Crippen LogP contribution in [0.25, 0.3) is 22.3 Å². The number of imidazole rings is 1. The van der Waals surface area contributed by atoms with E-state index in [2.05, 4.69) is 25.3 Å². The van der Waals surface area contributed by atoms with Gasteiger partial charge < -0.3 is 14.7 Å². The van der Waals surface area contributed by atoms with Gasteiger partial charge in [-0.1, -0.05) is 11.6 Å². The number of nitrogens with zero attached hydrogens (tertiary/aromatic N) is 5. The maximum atomic E-state index is 12.7. The Morgan fingerprint density at radius 3 is 2.77 bits per heavy atom. The second kappa shape index (κ2) is 7.41. The molecular formula is C19H17Cl2N7O2. The summed E-state index contributed by atoms with van der Waals surface area (Å²) < 4.78 is 7.55. The summed E-state index contributed by atoms with van der Waals surface area (Å²) in [5, 5.41) is 3.44. The molecule has 1 aliphatic carbocycles. The highest BCUT2D eigenvalue weighted by molar-refractivity contribution is 6.31. The number of halogens is 2. The topological polar surface area (TPSA) is 125 Å². The number of rotatable bonds is 3. The van der Waals surface area contributed by atoms with Crippen LogP contribution >= 0.6 is 23.2 Å². The van der Waals surface area contributed by atoms with E-state index in [-0.39, 0.29) is 35.0 Å². The minimum Gasteiger partial charge on any atom is -0.423 e. The predicted octanol–water partition coefficient (Wildman–Crippen LogP) is 4.23. The van der Waals surface area contributed by atoms with Gasteiger partial charge in [-0.3, -0.25) is 10.1 Å². The van der Waals surface area contributed by atoms with Crippen LogP contribution in [0.15, 0.2) is 28.9 Å². The molecule has 30 heavy (non-hydrogen) atoms. The Bertz CT molecular complexity index is 1260. The number of amides is 1. The van der Waals surface area contributed by atoms with E-state index in [1.807, 2.05) is 4.57 Å². The molecule has 4 aromatic rings. The van der Waals surface area contributed by atoms with Crippen molar-refractivity contribution in [2.24, 2.45) is 5.92 Å². The van der Waals surface area contributed by atoms with E-state index >= 15 is 0 Å². The number of hydrogen-bond donors (Lipinski definition) is 2.